The van der Waals surface area contributed by atoms with Gasteiger partial charge in [-0.25, -0.2) is 0 Å². The van der Waals surface area contributed by atoms with E-state index in [9.17, 15) is 0 Å². The zero-order chi connectivity index (χ0) is 10.0. The van der Waals surface area contributed by atoms with Crippen LogP contribution in [0.15, 0.2) is 28.7 Å². The van der Waals surface area contributed by atoms with E-state index < -0.39 is 0 Å². The van der Waals surface area contributed by atoms with Crippen LogP contribution in [0.5, 0.6) is 0 Å². The number of rotatable bonds is 3. The third-order valence-electron chi connectivity index (χ3n) is 3.06. The molecular weight excluding hydrogens is 240 g/mol. The van der Waals surface area contributed by atoms with Crippen LogP contribution in [-0.4, -0.2) is 13.2 Å². The van der Waals surface area contributed by atoms with Gasteiger partial charge in [-0.1, -0.05) is 35.0 Å². The molecule has 0 aromatic heterocycles. The highest BCUT2D eigenvalue weighted by Crippen LogP contribution is 2.35. The monoisotopic (exact) mass is 254 g/mol. The first-order valence-corrected chi connectivity index (χ1v) is 5.86. The van der Waals surface area contributed by atoms with Crippen LogP contribution in [0.25, 0.3) is 0 Å². The molecule has 0 saturated carbocycles. The lowest BCUT2D eigenvalue weighted by Gasteiger charge is -2.41. The highest BCUT2D eigenvalue weighted by atomic mass is 79.9. The van der Waals surface area contributed by atoms with Gasteiger partial charge >= 0.3 is 0 Å². The normalized spacial score (nSPS) is 19.0. The number of ether oxygens (including phenoxy) is 1. The summed E-state index contributed by atoms with van der Waals surface area (Å²) in [5, 5.41) is 0. The molecule has 0 bridgehead atoms. The van der Waals surface area contributed by atoms with Crippen molar-refractivity contribution in [3.8, 4) is 0 Å². The van der Waals surface area contributed by atoms with Crippen molar-refractivity contribution in [2.45, 2.75) is 19.8 Å². The summed E-state index contributed by atoms with van der Waals surface area (Å²) in [6.07, 6.45) is 2.36. The van der Waals surface area contributed by atoms with Gasteiger partial charge < -0.3 is 4.74 Å². The Morgan fingerprint density at radius 1 is 1.29 bits per heavy atom. The van der Waals surface area contributed by atoms with Gasteiger partial charge in [0.25, 0.3) is 0 Å². The third kappa shape index (κ3) is 2.01. The van der Waals surface area contributed by atoms with Crippen LogP contribution in [0.3, 0.4) is 0 Å². The van der Waals surface area contributed by atoms with Gasteiger partial charge in [-0.05, 0) is 30.5 Å². The quantitative estimate of drug-likeness (QED) is 0.804. The van der Waals surface area contributed by atoms with E-state index in [2.05, 4.69) is 47.1 Å². The largest absolute Gasteiger partial charge is 0.380 e. The van der Waals surface area contributed by atoms with E-state index in [1.54, 1.807) is 0 Å². The summed E-state index contributed by atoms with van der Waals surface area (Å²) in [6, 6.07) is 8.61. The Hall–Kier alpha value is -0.340. The minimum Gasteiger partial charge on any atom is -0.380 e. The van der Waals surface area contributed by atoms with E-state index in [1.807, 2.05) is 0 Å². The Kier molecular flexibility index (Phi) is 2.93. The standard InChI is InChI=1S/C12H15BrO/c1-2-12(8-14-9-12)7-10-3-5-11(13)6-4-10/h3-6H,2,7-9H2,1H3. The van der Waals surface area contributed by atoms with Crippen molar-refractivity contribution >= 4 is 15.9 Å². The van der Waals surface area contributed by atoms with Crippen molar-refractivity contribution in [2.24, 2.45) is 5.41 Å². The molecule has 0 spiro atoms. The summed E-state index contributed by atoms with van der Waals surface area (Å²) in [7, 11) is 0. The first kappa shape index (κ1) is 10.2. The average molecular weight is 255 g/mol. The summed E-state index contributed by atoms with van der Waals surface area (Å²) in [5.41, 5.74) is 1.84. The fourth-order valence-corrected chi connectivity index (χ4v) is 2.12. The summed E-state index contributed by atoms with van der Waals surface area (Å²) in [5.74, 6) is 0. The predicted octanol–water partition coefficient (Wildman–Crippen LogP) is 3.42. The smallest absolute Gasteiger partial charge is 0.0547 e. The number of halogens is 1. The van der Waals surface area contributed by atoms with E-state index in [-0.39, 0.29) is 0 Å². The molecule has 0 radical (unpaired) electrons. The van der Waals surface area contributed by atoms with Gasteiger partial charge in [0, 0.05) is 9.89 Å². The Balaban J connectivity index is 2.06. The first-order chi connectivity index (χ1) is 6.74. The van der Waals surface area contributed by atoms with E-state index in [4.69, 9.17) is 4.74 Å². The zero-order valence-electron chi connectivity index (χ0n) is 8.42. The third-order valence-corrected chi connectivity index (χ3v) is 3.59. The van der Waals surface area contributed by atoms with Crippen LogP contribution in [0.1, 0.15) is 18.9 Å². The predicted molar refractivity (Wildman–Crippen MR) is 61.4 cm³/mol. The summed E-state index contributed by atoms with van der Waals surface area (Å²) < 4.78 is 6.47. The summed E-state index contributed by atoms with van der Waals surface area (Å²) in [6.45, 7) is 4.11. The van der Waals surface area contributed by atoms with Crippen molar-refractivity contribution in [2.75, 3.05) is 13.2 Å². The highest BCUT2D eigenvalue weighted by Gasteiger charge is 2.36. The van der Waals surface area contributed by atoms with Gasteiger partial charge in [-0.3, -0.25) is 0 Å². The zero-order valence-corrected chi connectivity index (χ0v) is 10.0. The fourth-order valence-electron chi connectivity index (χ4n) is 1.86. The molecule has 1 aromatic carbocycles. The van der Waals surface area contributed by atoms with Crippen LogP contribution in [-0.2, 0) is 11.2 Å². The van der Waals surface area contributed by atoms with Gasteiger partial charge in [0.05, 0.1) is 13.2 Å². The maximum absolute atomic E-state index is 5.32. The molecule has 0 unspecified atom stereocenters. The molecule has 0 N–H and O–H groups in total. The molecule has 0 atom stereocenters. The van der Waals surface area contributed by atoms with Crippen LogP contribution in [0.2, 0.25) is 0 Å². The van der Waals surface area contributed by atoms with Gasteiger partial charge in [0.2, 0.25) is 0 Å². The molecule has 2 rings (SSSR count). The fraction of sp³-hybridized carbons (Fsp3) is 0.500. The Bertz CT molecular complexity index is 295. The molecule has 0 aliphatic carbocycles. The summed E-state index contributed by atoms with van der Waals surface area (Å²) >= 11 is 3.45. The van der Waals surface area contributed by atoms with Crippen molar-refractivity contribution in [3.05, 3.63) is 34.3 Å². The second-order valence-corrected chi connectivity index (χ2v) is 5.07. The molecule has 1 saturated heterocycles. The lowest BCUT2D eigenvalue weighted by Crippen LogP contribution is -2.43. The average Bonchev–Trinajstić information content (AvgIpc) is 2.15. The van der Waals surface area contributed by atoms with Crippen molar-refractivity contribution in [1.82, 2.24) is 0 Å². The maximum atomic E-state index is 5.32. The van der Waals surface area contributed by atoms with E-state index in [0.717, 1.165) is 24.1 Å². The highest BCUT2D eigenvalue weighted by molar-refractivity contribution is 9.10. The van der Waals surface area contributed by atoms with Crippen molar-refractivity contribution < 1.29 is 4.74 Å². The molecule has 2 heteroatoms. The Morgan fingerprint density at radius 3 is 2.36 bits per heavy atom. The topological polar surface area (TPSA) is 9.23 Å². The Labute approximate surface area is 93.6 Å². The van der Waals surface area contributed by atoms with E-state index in [1.165, 1.54) is 12.0 Å². The minimum absolute atomic E-state index is 0.424. The number of hydrogen-bond donors (Lipinski definition) is 0. The van der Waals surface area contributed by atoms with Crippen LogP contribution >= 0.6 is 15.9 Å². The maximum Gasteiger partial charge on any atom is 0.0547 e. The molecule has 0 amide bonds. The lowest BCUT2D eigenvalue weighted by atomic mass is 9.78. The molecular formula is C12H15BrO. The second kappa shape index (κ2) is 4.03. The molecule has 1 aliphatic heterocycles. The number of hydrogen-bond acceptors (Lipinski definition) is 1. The van der Waals surface area contributed by atoms with E-state index >= 15 is 0 Å². The van der Waals surface area contributed by atoms with Crippen molar-refractivity contribution in [3.63, 3.8) is 0 Å². The van der Waals surface area contributed by atoms with Gasteiger partial charge in [-0.2, -0.15) is 0 Å². The molecule has 1 fully saturated rings. The van der Waals surface area contributed by atoms with Crippen LogP contribution < -0.4 is 0 Å². The molecule has 14 heavy (non-hydrogen) atoms. The van der Waals surface area contributed by atoms with Crippen molar-refractivity contribution in [1.29, 1.82) is 0 Å². The van der Waals surface area contributed by atoms with Crippen LogP contribution in [0.4, 0.5) is 0 Å². The molecule has 1 aromatic rings. The van der Waals surface area contributed by atoms with E-state index in [0.29, 0.717) is 5.41 Å². The first-order valence-electron chi connectivity index (χ1n) is 5.06. The molecule has 1 aliphatic rings. The summed E-state index contributed by atoms with van der Waals surface area (Å²) in [4.78, 5) is 0. The van der Waals surface area contributed by atoms with Gasteiger partial charge in [0.15, 0.2) is 0 Å². The van der Waals surface area contributed by atoms with Crippen LogP contribution in [0, 0.1) is 5.41 Å². The molecule has 1 nitrogen and oxygen atoms in total. The SMILES string of the molecule is CCC1(Cc2ccc(Br)cc2)COC1. The molecule has 76 valence electrons. The van der Waals surface area contributed by atoms with Gasteiger partial charge in [-0.15, -0.1) is 0 Å². The molecule has 1 heterocycles. The second-order valence-electron chi connectivity index (χ2n) is 4.15. The van der Waals surface area contributed by atoms with Gasteiger partial charge in [0.1, 0.15) is 0 Å². The lowest BCUT2D eigenvalue weighted by molar-refractivity contribution is -0.114. The minimum atomic E-state index is 0.424. The Morgan fingerprint density at radius 2 is 1.93 bits per heavy atom. The number of benzene rings is 1.